The molecule has 28 heavy (non-hydrogen) atoms. The molecule has 3 rings (SSSR count). The molecule has 0 aliphatic carbocycles. The molecule has 1 aliphatic rings. The molecule has 2 aromatic carbocycles. The van der Waals surface area contributed by atoms with Crippen molar-refractivity contribution >= 4 is 28.5 Å². The minimum atomic E-state index is 0.106. The third-order valence-corrected chi connectivity index (χ3v) is 5.91. The Labute approximate surface area is 170 Å². The van der Waals surface area contributed by atoms with E-state index in [2.05, 4.69) is 6.92 Å². The van der Waals surface area contributed by atoms with Crippen LogP contribution in [0.25, 0.3) is 0 Å². The van der Waals surface area contributed by atoms with Crippen molar-refractivity contribution in [1.82, 2.24) is 4.90 Å². The molecule has 0 aromatic heterocycles. The molecule has 2 aromatic rings. The van der Waals surface area contributed by atoms with Gasteiger partial charge >= 0.3 is 0 Å². The lowest BCUT2D eigenvalue weighted by Gasteiger charge is -2.23. The lowest BCUT2D eigenvalue weighted by atomic mass is 10.1. The number of aryl methyl sites for hydroxylation is 1. The highest BCUT2D eigenvalue weighted by molar-refractivity contribution is 8.14. The molecule has 0 saturated carbocycles. The van der Waals surface area contributed by atoms with Crippen molar-refractivity contribution in [3.8, 4) is 11.5 Å². The monoisotopic (exact) mass is 398 g/mol. The molecule has 1 fully saturated rings. The molecule has 0 radical (unpaired) electrons. The van der Waals surface area contributed by atoms with Crippen molar-refractivity contribution in [3.63, 3.8) is 0 Å². The average molecular weight is 399 g/mol. The van der Waals surface area contributed by atoms with Crippen molar-refractivity contribution < 1.29 is 14.3 Å². The summed E-state index contributed by atoms with van der Waals surface area (Å²) in [6.45, 7) is 2.11. The van der Waals surface area contributed by atoms with Crippen LogP contribution in [0.15, 0.2) is 53.5 Å². The van der Waals surface area contributed by atoms with Gasteiger partial charge in [-0.15, -0.1) is 0 Å². The summed E-state index contributed by atoms with van der Waals surface area (Å²) in [4.78, 5) is 19.7. The number of amidine groups is 1. The zero-order valence-electron chi connectivity index (χ0n) is 16.6. The molecule has 0 bridgehead atoms. The van der Waals surface area contributed by atoms with Gasteiger partial charge in [0.15, 0.2) is 5.17 Å². The van der Waals surface area contributed by atoms with Crippen molar-refractivity contribution in [2.24, 2.45) is 4.99 Å². The number of carbonyl (C=O) groups excluding carboxylic acids is 1. The van der Waals surface area contributed by atoms with Gasteiger partial charge in [0.05, 0.1) is 19.9 Å². The first-order chi connectivity index (χ1) is 13.7. The third-order valence-electron chi connectivity index (χ3n) is 4.81. The fourth-order valence-corrected chi connectivity index (χ4v) is 4.49. The van der Waals surface area contributed by atoms with E-state index in [1.54, 1.807) is 26.0 Å². The van der Waals surface area contributed by atoms with Gasteiger partial charge < -0.3 is 9.47 Å². The van der Waals surface area contributed by atoms with Gasteiger partial charge in [-0.05, 0) is 48.7 Å². The smallest absolute Gasteiger partial charge is 0.229 e. The number of thioether (sulfide) groups is 1. The maximum Gasteiger partial charge on any atom is 0.229 e. The summed E-state index contributed by atoms with van der Waals surface area (Å²) in [5.41, 5.74) is 1.87. The van der Waals surface area contributed by atoms with Crippen LogP contribution in [0.4, 0.5) is 5.69 Å². The molecule has 6 heteroatoms. The average Bonchev–Trinajstić information content (AvgIpc) is 3.15. The number of para-hydroxylation sites is 1. The number of hydrogen-bond donors (Lipinski definition) is 0. The minimum absolute atomic E-state index is 0.106. The zero-order valence-corrected chi connectivity index (χ0v) is 17.4. The molecule has 1 amide bonds. The van der Waals surface area contributed by atoms with Gasteiger partial charge in [0.2, 0.25) is 5.91 Å². The molecular formula is C22H26N2O3S. The summed E-state index contributed by atoms with van der Waals surface area (Å²) in [5, 5.41) is 0.780. The molecule has 1 unspecified atom stereocenters. The fourth-order valence-electron chi connectivity index (χ4n) is 3.21. The first-order valence-corrected chi connectivity index (χ1v) is 10.4. The Hall–Kier alpha value is -2.47. The van der Waals surface area contributed by atoms with E-state index < -0.39 is 0 Å². The number of ether oxygens (including phenoxy) is 2. The number of nitrogens with zero attached hydrogens (tertiary/aromatic N) is 2. The van der Waals surface area contributed by atoms with Gasteiger partial charge in [-0.3, -0.25) is 9.69 Å². The summed E-state index contributed by atoms with van der Waals surface area (Å²) in [6, 6.07) is 15.6. The molecule has 1 heterocycles. The summed E-state index contributed by atoms with van der Waals surface area (Å²) in [7, 11) is 3.30. The van der Waals surface area contributed by atoms with Crippen LogP contribution in [0.3, 0.4) is 0 Å². The Morgan fingerprint density at radius 2 is 1.89 bits per heavy atom. The topological polar surface area (TPSA) is 51.1 Å². The molecule has 0 spiro atoms. The lowest BCUT2D eigenvalue weighted by Crippen LogP contribution is -2.39. The van der Waals surface area contributed by atoms with Gasteiger partial charge in [0.25, 0.3) is 0 Å². The fraction of sp³-hybridized carbons (Fsp3) is 0.364. The molecule has 1 atom stereocenters. The Bertz CT molecular complexity index is 836. The van der Waals surface area contributed by atoms with Crippen LogP contribution in [0.2, 0.25) is 0 Å². The summed E-state index contributed by atoms with van der Waals surface area (Å²) in [6.07, 6.45) is 1.99. The summed E-state index contributed by atoms with van der Waals surface area (Å²) < 4.78 is 10.6. The number of carbonyl (C=O) groups is 1. The second kappa shape index (κ2) is 9.64. The lowest BCUT2D eigenvalue weighted by molar-refractivity contribution is -0.128. The van der Waals surface area contributed by atoms with Gasteiger partial charge in [-0.1, -0.05) is 36.9 Å². The van der Waals surface area contributed by atoms with E-state index >= 15 is 0 Å². The van der Waals surface area contributed by atoms with Crippen LogP contribution in [0, 0.1) is 0 Å². The van der Waals surface area contributed by atoms with Gasteiger partial charge in [0, 0.05) is 18.2 Å². The van der Waals surface area contributed by atoms with Gasteiger partial charge in [-0.2, -0.15) is 0 Å². The van der Waals surface area contributed by atoms with Crippen molar-refractivity contribution in [2.75, 3.05) is 20.0 Å². The Morgan fingerprint density at radius 1 is 1.14 bits per heavy atom. The van der Waals surface area contributed by atoms with Crippen LogP contribution < -0.4 is 9.47 Å². The minimum Gasteiger partial charge on any atom is -0.497 e. The van der Waals surface area contributed by atoms with Crippen LogP contribution in [-0.4, -0.2) is 42.0 Å². The van der Waals surface area contributed by atoms with Crippen LogP contribution >= 0.6 is 11.8 Å². The standard InChI is InChI=1S/C22H26N2O3S/c1-4-18-15-28-22(23-17-10-12-19(26-2)13-11-17)24(18)21(25)14-9-16-7-5-6-8-20(16)27-3/h5-8,10-13,18H,4,9,14-15H2,1-3H3. The quantitative estimate of drug-likeness (QED) is 0.680. The van der Waals surface area contributed by atoms with E-state index in [0.29, 0.717) is 12.8 Å². The molecule has 5 nitrogen and oxygen atoms in total. The molecule has 1 saturated heterocycles. The molecule has 0 N–H and O–H groups in total. The normalized spacial score (nSPS) is 17.8. The number of methoxy groups -OCH3 is 2. The highest BCUT2D eigenvalue weighted by Crippen LogP contribution is 2.30. The van der Waals surface area contributed by atoms with Gasteiger partial charge in [-0.25, -0.2) is 4.99 Å². The summed E-state index contributed by atoms with van der Waals surface area (Å²) >= 11 is 1.64. The van der Waals surface area contributed by atoms with E-state index in [-0.39, 0.29) is 11.9 Å². The van der Waals surface area contributed by atoms with Gasteiger partial charge in [0.1, 0.15) is 11.5 Å². The van der Waals surface area contributed by atoms with E-state index in [1.807, 2.05) is 53.4 Å². The van der Waals surface area contributed by atoms with Crippen molar-refractivity contribution in [3.05, 3.63) is 54.1 Å². The predicted octanol–water partition coefficient (Wildman–Crippen LogP) is 4.68. The maximum atomic E-state index is 13.1. The number of rotatable bonds is 7. The Morgan fingerprint density at radius 3 is 2.57 bits per heavy atom. The highest BCUT2D eigenvalue weighted by atomic mass is 32.2. The van der Waals surface area contributed by atoms with E-state index in [0.717, 1.165) is 40.1 Å². The zero-order chi connectivity index (χ0) is 19.9. The van der Waals surface area contributed by atoms with E-state index in [9.17, 15) is 4.79 Å². The van der Waals surface area contributed by atoms with Crippen molar-refractivity contribution in [1.29, 1.82) is 0 Å². The largest absolute Gasteiger partial charge is 0.497 e. The third kappa shape index (κ3) is 4.68. The number of amides is 1. The number of aliphatic imine (C=N–C) groups is 1. The first kappa shape index (κ1) is 20.3. The first-order valence-electron chi connectivity index (χ1n) is 9.45. The molecule has 148 valence electrons. The van der Waals surface area contributed by atoms with Crippen LogP contribution in [0.5, 0.6) is 11.5 Å². The number of benzene rings is 2. The Kier molecular flexibility index (Phi) is 6.98. The second-order valence-electron chi connectivity index (χ2n) is 6.54. The van der Waals surface area contributed by atoms with E-state index in [4.69, 9.17) is 14.5 Å². The molecule has 1 aliphatic heterocycles. The van der Waals surface area contributed by atoms with E-state index in [1.165, 1.54) is 0 Å². The Balaban J connectivity index is 1.75. The van der Waals surface area contributed by atoms with Crippen LogP contribution in [-0.2, 0) is 11.2 Å². The predicted molar refractivity (Wildman–Crippen MR) is 115 cm³/mol. The SMILES string of the molecule is CCC1CSC(=Nc2ccc(OC)cc2)N1C(=O)CCc1ccccc1OC. The second-order valence-corrected chi connectivity index (χ2v) is 7.53. The summed E-state index contributed by atoms with van der Waals surface area (Å²) in [5.74, 6) is 2.60. The van der Waals surface area contributed by atoms with Crippen molar-refractivity contribution in [2.45, 2.75) is 32.2 Å². The number of hydrogen-bond acceptors (Lipinski definition) is 5. The highest BCUT2D eigenvalue weighted by Gasteiger charge is 2.33. The maximum absolute atomic E-state index is 13.1. The van der Waals surface area contributed by atoms with Crippen LogP contribution in [0.1, 0.15) is 25.3 Å². The molecular weight excluding hydrogens is 372 g/mol.